The predicted octanol–water partition coefficient (Wildman–Crippen LogP) is 3.70. The van der Waals surface area contributed by atoms with Crippen LogP contribution < -0.4 is 15.0 Å². The van der Waals surface area contributed by atoms with Gasteiger partial charge in [0.25, 0.3) is 11.6 Å². The quantitative estimate of drug-likeness (QED) is 0.214. The molecule has 10 nitrogen and oxygen atoms in total. The SMILES string of the molecule is COC(=O)COc1ccc(NC(=O)c2ccccc2C(=O)c2ccc(N(C)C)c([N+](=O)[O-])c2)cc1. The molecule has 0 saturated heterocycles. The van der Waals surface area contributed by atoms with Gasteiger partial charge in [0.1, 0.15) is 11.4 Å². The van der Waals surface area contributed by atoms with E-state index in [1.807, 2.05) is 0 Å². The first kappa shape index (κ1) is 24.9. The van der Waals surface area contributed by atoms with E-state index in [-0.39, 0.29) is 29.0 Å². The van der Waals surface area contributed by atoms with E-state index in [0.717, 1.165) is 0 Å². The number of benzene rings is 3. The molecule has 35 heavy (non-hydrogen) atoms. The van der Waals surface area contributed by atoms with Gasteiger partial charge in [-0.15, -0.1) is 0 Å². The second-order valence-corrected chi connectivity index (χ2v) is 7.57. The minimum atomic E-state index is -0.552. The van der Waals surface area contributed by atoms with Crippen LogP contribution in [0, 0.1) is 10.1 Å². The third kappa shape index (κ3) is 5.99. The molecule has 0 aromatic heterocycles. The van der Waals surface area contributed by atoms with Crippen molar-refractivity contribution in [2.24, 2.45) is 0 Å². The van der Waals surface area contributed by atoms with Gasteiger partial charge in [-0.25, -0.2) is 4.79 Å². The van der Waals surface area contributed by atoms with Gasteiger partial charge < -0.3 is 19.7 Å². The number of anilines is 2. The highest BCUT2D eigenvalue weighted by molar-refractivity contribution is 6.18. The fourth-order valence-corrected chi connectivity index (χ4v) is 3.26. The first-order valence-electron chi connectivity index (χ1n) is 10.4. The highest BCUT2D eigenvalue weighted by atomic mass is 16.6. The molecule has 180 valence electrons. The van der Waals surface area contributed by atoms with Crippen LogP contribution in [-0.2, 0) is 9.53 Å². The van der Waals surface area contributed by atoms with Gasteiger partial charge in [0, 0.05) is 37.0 Å². The molecule has 0 atom stereocenters. The number of amides is 1. The zero-order chi connectivity index (χ0) is 25.5. The minimum Gasteiger partial charge on any atom is -0.482 e. The van der Waals surface area contributed by atoms with Gasteiger partial charge in [0.05, 0.1) is 17.6 Å². The number of ketones is 1. The molecule has 10 heteroatoms. The van der Waals surface area contributed by atoms with E-state index in [9.17, 15) is 24.5 Å². The van der Waals surface area contributed by atoms with Crippen LogP contribution in [0.1, 0.15) is 26.3 Å². The molecule has 3 aromatic carbocycles. The van der Waals surface area contributed by atoms with E-state index in [4.69, 9.17) is 4.74 Å². The Balaban J connectivity index is 1.82. The summed E-state index contributed by atoms with van der Waals surface area (Å²) in [7, 11) is 4.59. The molecular weight excluding hydrogens is 454 g/mol. The molecule has 3 aromatic rings. The molecule has 0 heterocycles. The number of nitrogens with zero attached hydrogens (tertiary/aromatic N) is 2. The monoisotopic (exact) mass is 477 g/mol. The van der Waals surface area contributed by atoms with Crippen molar-refractivity contribution in [1.29, 1.82) is 0 Å². The smallest absolute Gasteiger partial charge is 0.343 e. The highest BCUT2D eigenvalue weighted by Gasteiger charge is 2.22. The van der Waals surface area contributed by atoms with E-state index in [0.29, 0.717) is 17.1 Å². The van der Waals surface area contributed by atoms with Crippen LogP contribution in [-0.4, -0.2) is 50.4 Å². The van der Waals surface area contributed by atoms with Gasteiger partial charge in [-0.3, -0.25) is 19.7 Å². The van der Waals surface area contributed by atoms with Gasteiger partial charge in [0.15, 0.2) is 12.4 Å². The summed E-state index contributed by atoms with van der Waals surface area (Å²) in [6.45, 7) is -0.245. The molecule has 0 fully saturated rings. The van der Waals surface area contributed by atoms with E-state index in [2.05, 4.69) is 10.1 Å². The number of nitrogens with one attached hydrogen (secondary N) is 1. The molecule has 0 aliphatic heterocycles. The van der Waals surface area contributed by atoms with Crippen molar-refractivity contribution in [2.45, 2.75) is 0 Å². The molecule has 0 radical (unpaired) electrons. The van der Waals surface area contributed by atoms with Crippen molar-refractivity contribution >= 4 is 34.7 Å². The normalized spacial score (nSPS) is 10.3. The zero-order valence-electron chi connectivity index (χ0n) is 19.3. The van der Waals surface area contributed by atoms with Gasteiger partial charge in [-0.2, -0.15) is 0 Å². The highest BCUT2D eigenvalue weighted by Crippen LogP contribution is 2.29. The standard InChI is InChI=1S/C25H23N3O7/c1-27(2)21-13-8-16(14-22(21)28(32)33)24(30)19-6-4-5-7-20(19)25(31)26-17-9-11-18(12-10-17)35-15-23(29)34-3/h4-14H,15H2,1-3H3,(H,26,31). The number of esters is 1. The van der Waals surface area contributed by atoms with Gasteiger partial charge in [-0.05, 0) is 42.5 Å². The summed E-state index contributed by atoms with van der Waals surface area (Å²) in [5.41, 5.74) is 0.898. The number of carbonyl (C=O) groups is 3. The lowest BCUT2D eigenvalue weighted by Crippen LogP contribution is -2.17. The van der Waals surface area contributed by atoms with Crippen molar-refractivity contribution in [3.63, 3.8) is 0 Å². The van der Waals surface area contributed by atoms with Gasteiger partial charge in [0.2, 0.25) is 0 Å². The predicted molar refractivity (Wildman–Crippen MR) is 129 cm³/mol. The van der Waals surface area contributed by atoms with Crippen LogP contribution in [0.4, 0.5) is 17.1 Å². The van der Waals surface area contributed by atoms with Crippen molar-refractivity contribution in [3.05, 3.63) is 93.5 Å². The van der Waals surface area contributed by atoms with Crippen LogP contribution in [0.3, 0.4) is 0 Å². The maximum atomic E-state index is 13.2. The number of nitro groups is 1. The van der Waals surface area contributed by atoms with Crippen LogP contribution in [0.5, 0.6) is 5.75 Å². The molecule has 0 unspecified atom stereocenters. The number of ether oxygens (including phenoxy) is 2. The number of rotatable bonds is 9. The molecule has 0 bridgehead atoms. The average Bonchev–Trinajstić information content (AvgIpc) is 2.87. The molecular formula is C25H23N3O7. The van der Waals surface area contributed by atoms with E-state index >= 15 is 0 Å². The third-order valence-electron chi connectivity index (χ3n) is 5.03. The maximum Gasteiger partial charge on any atom is 0.343 e. The molecule has 0 aliphatic rings. The van der Waals surface area contributed by atoms with Gasteiger partial charge >= 0.3 is 5.97 Å². The lowest BCUT2D eigenvalue weighted by atomic mass is 9.97. The third-order valence-corrected chi connectivity index (χ3v) is 5.03. The topological polar surface area (TPSA) is 128 Å². The summed E-state index contributed by atoms with van der Waals surface area (Å²) in [6.07, 6.45) is 0. The number of hydrogen-bond donors (Lipinski definition) is 1. The number of hydrogen-bond acceptors (Lipinski definition) is 8. The summed E-state index contributed by atoms with van der Waals surface area (Å²) in [5.74, 6) is -1.16. The summed E-state index contributed by atoms with van der Waals surface area (Å²) in [5, 5.41) is 14.2. The molecule has 0 saturated carbocycles. The lowest BCUT2D eigenvalue weighted by Gasteiger charge is -2.14. The molecule has 1 amide bonds. The summed E-state index contributed by atoms with van der Waals surface area (Å²) >= 11 is 0. The maximum absolute atomic E-state index is 13.2. The van der Waals surface area contributed by atoms with Crippen LogP contribution in [0.25, 0.3) is 0 Å². The summed E-state index contributed by atoms with van der Waals surface area (Å²) in [4.78, 5) is 49.9. The number of methoxy groups -OCH3 is 1. The van der Waals surface area contributed by atoms with Gasteiger partial charge in [-0.1, -0.05) is 18.2 Å². The minimum absolute atomic E-state index is 0.0923. The zero-order valence-corrected chi connectivity index (χ0v) is 19.3. The van der Waals surface area contributed by atoms with Crippen molar-refractivity contribution in [3.8, 4) is 5.75 Å². The number of carbonyl (C=O) groups excluding carboxylic acids is 3. The first-order chi connectivity index (χ1) is 16.7. The molecule has 0 aliphatic carbocycles. The van der Waals surface area contributed by atoms with Crippen LogP contribution >= 0.6 is 0 Å². The van der Waals surface area contributed by atoms with E-state index in [1.54, 1.807) is 55.4 Å². The summed E-state index contributed by atoms with van der Waals surface area (Å²) < 4.78 is 9.78. The Morgan fingerprint density at radius 1 is 0.971 bits per heavy atom. The molecule has 3 rings (SSSR count). The Bertz CT molecular complexity index is 1270. The van der Waals surface area contributed by atoms with Crippen molar-refractivity contribution < 1.29 is 28.8 Å². The molecule has 1 N–H and O–H groups in total. The lowest BCUT2D eigenvalue weighted by molar-refractivity contribution is -0.384. The first-order valence-corrected chi connectivity index (χ1v) is 10.4. The Hall–Kier alpha value is -4.73. The molecule has 0 spiro atoms. The second kappa shape index (κ2) is 10.9. The summed E-state index contributed by atoms with van der Waals surface area (Å²) in [6, 6.07) is 16.7. The Morgan fingerprint density at radius 2 is 1.63 bits per heavy atom. The van der Waals surface area contributed by atoms with Crippen LogP contribution in [0.2, 0.25) is 0 Å². The second-order valence-electron chi connectivity index (χ2n) is 7.57. The van der Waals surface area contributed by atoms with E-state index < -0.39 is 22.6 Å². The number of nitro benzene ring substituents is 1. The largest absolute Gasteiger partial charge is 0.482 e. The Kier molecular flexibility index (Phi) is 7.77. The van der Waals surface area contributed by atoms with E-state index in [1.165, 1.54) is 37.4 Å². The van der Waals surface area contributed by atoms with Crippen molar-refractivity contribution in [1.82, 2.24) is 0 Å². The average molecular weight is 477 g/mol. The Morgan fingerprint density at radius 3 is 2.23 bits per heavy atom. The van der Waals surface area contributed by atoms with Crippen molar-refractivity contribution in [2.75, 3.05) is 38.0 Å². The fourth-order valence-electron chi connectivity index (χ4n) is 3.26. The van der Waals surface area contributed by atoms with Crippen LogP contribution in [0.15, 0.2) is 66.7 Å². The Labute approximate surface area is 201 Å². The fraction of sp³-hybridized carbons (Fsp3) is 0.160.